The SMILES string of the molecule is C[C@H](Oc1ccc(C#N)cc1)C(=O)OC/C(O)=C(\C#N)c1nc2ccccc2n1C. The van der Waals surface area contributed by atoms with Crippen LogP contribution in [0.25, 0.3) is 16.6 Å². The van der Waals surface area contributed by atoms with Crippen LogP contribution in [0.4, 0.5) is 0 Å². The summed E-state index contributed by atoms with van der Waals surface area (Å²) >= 11 is 0. The van der Waals surface area contributed by atoms with Crippen LogP contribution in [0, 0.1) is 22.7 Å². The number of esters is 1. The molecule has 8 heteroatoms. The third kappa shape index (κ3) is 4.23. The Bertz CT molecular complexity index is 1200. The molecule has 0 bridgehead atoms. The molecule has 3 rings (SSSR count). The van der Waals surface area contributed by atoms with E-state index in [1.807, 2.05) is 30.3 Å². The first-order valence-corrected chi connectivity index (χ1v) is 9.02. The van der Waals surface area contributed by atoms with E-state index in [1.54, 1.807) is 41.9 Å². The van der Waals surface area contributed by atoms with E-state index < -0.39 is 24.4 Å². The van der Waals surface area contributed by atoms with Gasteiger partial charge in [0.1, 0.15) is 24.0 Å². The van der Waals surface area contributed by atoms with Gasteiger partial charge >= 0.3 is 5.97 Å². The highest BCUT2D eigenvalue weighted by atomic mass is 16.6. The number of carbonyl (C=O) groups is 1. The first kappa shape index (κ1) is 20.4. The van der Waals surface area contributed by atoms with Crippen molar-refractivity contribution in [1.82, 2.24) is 9.55 Å². The van der Waals surface area contributed by atoms with Gasteiger partial charge in [-0.1, -0.05) is 12.1 Å². The molecule has 0 amide bonds. The summed E-state index contributed by atoms with van der Waals surface area (Å²) in [6.45, 7) is 1.00. The van der Waals surface area contributed by atoms with Crippen LogP contribution in [-0.4, -0.2) is 33.3 Å². The molecule has 1 N–H and O–H groups in total. The normalized spacial score (nSPS) is 12.4. The Morgan fingerprint density at radius 3 is 2.53 bits per heavy atom. The number of aryl methyl sites for hydroxylation is 1. The number of aliphatic hydroxyl groups is 1. The van der Waals surface area contributed by atoms with Gasteiger partial charge in [-0.25, -0.2) is 9.78 Å². The fourth-order valence-corrected chi connectivity index (χ4v) is 2.80. The van der Waals surface area contributed by atoms with Crippen molar-refractivity contribution in [3.05, 3.63) is 65.7 Å². The van der Waals surface area contributed by atoms with Crippen LogP contribution in [0.3, 0.4) is 0 Å². The number of rotatable bonds is 6. The predicted octanol–water partition coefficient (Wildman–Crippen LogP) is 3.25. The van der Waals surface area contributed by atoms with Crippen molar-refractivity contribution >= 4 is 22.6 Å². The molecule has 0 aliphatic carbocycles. The van der Waals surface area contributed by atoms with Crippen molar-refractivity contribution in [2.45, 2.75) is 13.0 Å². The highest BCUT2D eigenvalue weighted by Crippen LogP contribution is 2.22. The largest absolute Gasteiger partial charge is 0.507 e. The Morgan fingerprint density at radius 1 is 1.20 bits per heavy atom. The molecule has 1 heterocycles. The second-order valence-electron chi connectivity index (χ2n) is 6.42. The zero-order valence-corrected chi connectivity index (χ0v) is 16.4. The number of ether oxygens (including phenoxy) is 2. The molecule has 0 aliphatic heterocycles. The Labute approximate surface area is 172 Å². The highest BCUT2D eigenvalue weighted by molar-refractivity contribution is 5.84. The van der Waals surface area contributed by atoms with Crippen molar-refractivity contribution in [1.29, 1.82) is 10.5 Å². The number of fused-ring (bicyclic) bond motifs is 1. The third-order valence-corrected chi connectivity index (χ3v) is 4.39. The fourth-order valence-electron chi connectivity index (χ4n) is 2.80. The van der Waals surface area contributed by atoms with Crippen molar-refractivity contribution in [3.63, 3.8) is 0 Å². The van der Waals surface area contributed by atoms with E-state index in [9.17, 15) is 15.2 Å². The van der Waals surface area contributed by atoms with Gasteiger partial charge in [-0.2, -0.15) is 10.5 Å². The highest BCUT2D eigenvalue weighted by Gasteiger charge is 2.20. The molecule has 8 nitrogen and oxygen atoms in total. The molecule has 3 aromatic rings. The van der Waals surface area contributed by atoms with Gasteiger partial charge in [0.15, 0.2) is 17.7 Å². The van der Waals surface area contributed by atoms with Gasteiger partial charge in [0.05, 0.1) is 22.7 Å². The number of carbonyl (C=O) groups excluding carboxylic acids is 1. The molecule has 150 valence electrons. The number of aliphatic hydroxyl groups excluding tert-OH is 1. The first-order valence-electron chi connectivity index (χ1n) is 9.02. The average Bonchev–Trinajstić information content (AvgIpc) is 3.09. The van der Waals surface area contributed by atoms with Crippen molar-refractivity contribution in [2.75, 3.05) is 6.61 Å². The van der Waals surface area contributed by atoms with Gasteiger partial charge in [0, 0.05) is 7.05 Å². The molecule has 0 saturated heterocycles. The lowest BCUT2D eigenvalue weighted by Gasteiger charge is -2.14. The number of para-hydroxylation sites is 2. The lowest BCUT2D eigenvalue weighted by molar-refractivity contribution is -0.150. The zero-order chi connectivity index (χ0) is 21.7. The maximum atomic E-state index is 12.2. The quantitative estimate of drug-likeness (QED) is 0.381. The minimum absolute atomic E-state index is 0.0813. The Balaban J connectivity index is 1.70. The number of nitriles is 2. The minimum Gasteiger partial charge on any atom is -0.507 e. The second kappa shape index (κ2) is 8.80. The van der Waals surface area contributed by atoms with Crippen LogP contribution in [0.15, 0.2) is 54.3 Å². The number of aromatic nitrogens is 2. The molecule has 0 radical (unpaired) electrons. The molecule has 0 spiro atoms. The summed E-state index contributed by atoms with van der Waals surface area (Å²) in [5.74, 6) is -0.451. The molecule has 0 unspecified atom stereocenters. The number of nitrogens with zero attached hydrogens (tertiary/aromatic N) is 4. The number of imidazole rings is 1. The maximum absolute atomic E-state index is 12.2. The Morgan fingerprint density at radius 2 is 1.90 bits per heavy atom. The van der Waals surface area contributed by atoms with Crippen LogP contribution < -0.4 is 4.74 Å². The van der Waals surface area contributed by atoms with Gasteiger partial charge in [-0.05, 0) is 43.3 Å². The van der Waals surface area contributed by atoms with Gasteiger partial charge < -0.3 is 19.1 Å². The summed E-state index contributed by atoms with van der Waals surface area (Å²) < 4.78 is 12.2. The molecule has 1 aromatic heterocycles. The summed E-state index contributed by atoms with van der Waals surface area (Å²) in [4.78, 5) is 16.6. The van der Waals surface area contributed by atoms with E-state index in [4.69, 9.17) is 14.7 Å². The van der Waals surface area contributed by atoms with Crippen molar-refractivity contribution in [2.24, 2.45) is 7.05 Å². The molecule has 0 aliphatic rings. The smallest absolute Gasteiger partial charge is 0.347 e. The molecule has 30 heavy (non-hydrogen) atoms. The monoisotopic (exact) mass is 402 g/mol. The maximum Gasteiger partial charge on any atom is 0.347 e. The minimum atomic E-state index is -0.952. The van der Waals surface area contributed by atoms with Gasteiger partial charge in [-0.3, -0.25) is 0 Å². The van der Waals surface area contributed by atoms with E-state index in [-0.39, 0.29) is 11.4 Å². The summed E-state index contributed by atoms with van der Waals surface area (Å²) in [6.07, 6.45) is -0.952. The molecule has 1 atom stereocenters. The topological polar surface area (TPSA) is 121 Å². The molecular weight excluding hydrogens is 384 g/mol. The van der Waals surface area contributed by atoms with Crippen LogP contribution in [0.5, 0.6) is 5.75 Å². The van der Waals surface area contributed by atoms with Crippen molar-refractivity contribution in [3.8, 4) is 17.9 Å². The lowest BCUT2D eigenvalue weighted by Crippen LogP contribution is -2.27. The van der Waals surface area contributed by atoms with Gasteiger partial charge in [-0.15, -0.1) is 0 Å². The third-order valence-electron chi connectivity index (χ3n) is 4.39. The van der Waals surface area contributed by atoms with Gasteiger partial charge in [0.25, 0.3) is 0 Å². The Kier molecular flexibility index (Phi) is 6.00. The van der Waals surface area contributed by atoms with E-state index in [1.165, 1.54) is 6.92 Å². The molecule has 0 saturated carbocycles. The summed E-state index contributed by atoms with van der Waals surface area (Å²) in [6, 6.07) is 17.5. The van der Waals surface area contributed by atoms with E-state index in [2.05, 4.69) is 4.98 Å². The summed E-state index contributed by atoms with van der Waals surface area (Å²) in [5.41, 5.74) is 1.87. The average molecular weight is 402 g/mol. The van der Waals surface area contributed by atoms with Crippen LogP contribution >= 0.6 is 0 Å². The van der Waals surface area contributed by atoms with Crippen LogP contribution in [0.1, 0.15) is 18.3 Å². The molecule has 0 fully saturated rings. The summed E-state index contributed by atoms with van der Waals surface area (Å²) in [5, 5.41) is 28.7. The number of hydrogen-bond acceptors (Lipinski definition) is 7. The second-order valence-corrected chi connectivity index (χ2v) is 6.42. The van der Waals surface area contributed by atoms with Gasteiger partial charge in [0.2, 0.25) is 0 Å². The Hall–Kier alpha value is -4.30. The lowest BCUT2D eigenvalue weighted by atomic mass is 10.2. The zero-order valence-electron chi connectivity index (χ0n) is 16.4. The van der Waals surface area contributed by atoms with Crippen molar-refractivity contribution < 1.29 is 19.4 Å². The van der Waals surface area contributed by atoms with E-state index in [0.29, 0.717) is 16.8 Å². The number of hydrogen-bond donors (Lipinski definition) is 1. The number of allylic oxidation sites excluding steroid dienone is 1. The number of benzene rings is 2. The van der Waals surface area contributed by atoms with Crippen LogP contribution in [-0.2, 0) is 16.6 Å². The van der Waals surface area contributed by atoms with Crippen LogP contribution in [0.2, 0.25) is 0 Å². The standard InChI is InChI=1S/C22H18N4O4/c1-14(30-16-9-7-15(11-23)8-10-16)22(28)29-13-20(27)17(12-24)21-25-18-5-3-4-6-19(18)26(21)2/h3-10,14,27H,13H2,1-2H3/b20-17-/t14-/m0/s1. The predicted molar refractivity (Wildman–Crippen MR) is 108 cm³/mol. The van der Waals surface area contributed by atoms with E-state index in [0.717, 1.165) is 5.52 Å². The van der Waals surface area contributed by atoms with E-state index >= 15 is 0 Å². The first-order chi connectivity index (χ1) is 14.4. The molecular formula is C22H18N4O4. The fraction of sp³-hybridized carbons (Fsp3) is 0.182. The molecule has 2 aromatic carbocycles. The summed E-state index contributed by atoms with van der Waals surface area (Å²) in [7, 11) is 1.73.